The van der Waals surface area contributed by atoms with Crippen LogP contribution in [-0.4, -0.2) is 23.8 Å². The number of nitrogens with two attached hydrogens (primary N) is 1. The Morgan fingerprint density at radius 3 is 2.41 bits per heavy atom. The summed E-state index contributed by atoms with van der Waals surface area (Å²) in [5.74, 6) is 0.289. The number of nitrogens with zero attached hydrogens (tertiary/aromatic N) is 1. The van der Waals surface area contributed by atoms with Crippen LogP contribution in [0.2, 0.25) is 0 Å². The van der Waals surface area contributed by atoms with E-state index in [1.165, 1.54) is 11.3 Å². The van der Waals surface area contributed by atoms with E-state index in [4.69, 9.17) is 15.5 Å². The number of amides is 1. The molecule has 3 aromatic heterocycles. The highest BCUT2D eigenvalue weighted by Crippen LogP contribution is 2.42. The molecule has 0 unspecified atom stereocenters. The van der Waals surface area contributed by atoms with Crippen LogP contribution in [-0.2, 0) is 0 Å². The van der Waals surface area contributed by atoms with Crippen molar-refractivity contribution in [2.75, 3.05) is 18.2 Å². The molecule has 0 atom stereocenters. The van der Waals surface area contributed by atoms with E-state index in [0.29, 0.717) is 26.6 Å². The third-order valence-corrected chi connectivity index (χ3v) is 9.68. The molecular weight excluding hydrogens is 611 g/mol. The smallest absolute Gasteiger partial charge is 0.267 e. The number of ether oxygens (including phenoxy) is 1. The van der Waals surface area contributed by atoms with Crippen molar-refractivity contribution in [1.29, 1.82) is 0 Å². The third-order valence-electron chi connectivity index (χ3n) is 7.74. The first-order valence-electron chi connectivity index (χ1n) is 14.5. The maximum Gasteiger partial charge on any atom is 0.267 e. The summed E-state index contributed by atoms with van der Waals surface area (Å²) in [6.07, 6.45) is 3.35. The van der Waals surface area contributed by atoms with Crippen LogP contribution in [0.15, 0.2) is 121 Å². The number of aromatic nitrogens is 1. The number of methoxy groups -OCH3 is 1. The van der Waals surface area contributed by atoms with Gasteiger partial charge in [-0.3, -0.25) is 9.59 Å². The maximum absolute atomic E-state index is 13.6. The predicted octanol–water partition coefficient (Wildman–Crippen LogP) is 9.58. The first-order chi connectivity index (χ1) is 22.5. The lowest BCUT2D eigenvalue weighted by atomic mass is 9.97. The van der Waals surface area contributed by atoms with Gasteiger partial charge in [0.05, 0.1) is 18.5 Å². The normalized spacial score (nSPS) is 11.3. The van der Waals surface area contributed by atoms with Gasteiger partial charge in [0.2, 0.25) is 0 Å². The number of nitrogens with one attached hydrogen (secondary N) is 1. The summed E-state index contributed by atoms with van der Waals surface area (Å²) in [4.78, 5) is 33.3. The van der Waals surface area contributed by atoms with Gasteiger partial charge >= 0.3 is 0 Å². The minimum absolute atomic E-state index is 0.112. The van der Waals surface area contributed by atoms with Crippen molar-refractivity contribution in [2.24, 2.45) is 0 Å². The Labute approximate surface area is 273 Å². The van der Waals surface area contributed by atoms with E-state index in [2.05, 4.69) is 29.6 Å². The van der Waals surface area contributed by atoms with E-state index in [1.54, 1.807) is 54.9 Å². The van der Waals surface area contributed by atoms with Crippen molar-refractivity contribution in [2.45, 2.75) is 0 Å². The lowest BCUT2D eigenvalue weighted by Gasteiger charge is -2.11. The molecule has 0 aliphatic carbocycles. The summed E-state index contributed by atoms with van der Waals surface area (Å²) >= 11 is 2.83. The molecule has 0 radical (unpaired) electrons. The number of benzene rings is 4. The van der Waals surface area contributed by atoms with Gasteiger partial charge in [0.25, 0.3) is 5.91 Å². The Morgan fingerprint density at radius 2 is 1.65 bits per heavy atom. The van der Waals surface area contributed by atoms with Gasteiger partial charge in [-0.05, 0) is 88.0 Å². The van der Waals surface area contributed by atoms with E-state index in [9.17, 15) is 9.59 Å². The van der Waals surface area contributed by atoms with Gasteiger partial charge in [-0.1, -0.05) is 60.7 Å². The van der Waals surface area contributed by atoms with Crippen molar-refractivity contribution in [1.82, 2.24) is 4.98 Å². The fourth-order valence-electron chi connectivity index (χ4n) is 5.42. The van der Waals surface area contributed by atoms with Crippen LogP contribution in [0.4, 0.5) is 11.4 Å². The first-order valence-corrected chi connectivity index (χ1v) is 16.2. The zero-order valence-corrected chi connectivity index (χ0v) is 26.3. The first kappa shape index (κ1) is 29.2. The molecule has 6 nitrogen and oxygen atoms in total. The molecule has 0 saturated heterocycles. The number of hydrogen-bond donors (Lipinski definition) is 2. The number of hydrogen-bond acceptors (Lipinski definition) is 7. The topological polar surface area (TPSA) is 94.3 Å². The fourth-order valence-corrected chi connectivity index (χ4v) is 7.05. The van der Waals surface area contributed by atoms with Crippen LogP contribution < -0.4 is 15.8 Å². The van der Waals surface area contributed by atoms with Crippen LogP contribution in [0, 0.1) is 0 Å². The largest absolute Gasteiger partial charge is 0.497 e. The number of ketones is 1. The zero-order valence-electron chi connectivity index (χ0n) is 24.7. The number of carbonyl (C=O) groups excluding carboxylic acids is 2. The Bertz CT molecular complexity index is 2250. The number of carbonyl (C=O) groups is 2. The highest BCUT2D eigenvalue weighted by molar-refractivity contribution is 7.21. The molecule has 0 aliphatic heterocycles. The molecule has 1 amide bonds. The molecule has 224 valence electrons. The van der Waals surface area contributed by atoms with Gasteiger partial charge < -0.3 is 15.8 Å². The van der Waals surface area contributed by atoms with E-state index >= 15 is 0 Å². The quantitative estimate of drug-likeness (QED) is 0.128. The number of allylic oxidation sites excluding steroid dienone is 1. The number of anilines is 2. The number of fused-ring (bicyclic) bond motifs is 2. The molecule has 0 bridgehead atoms. The standard InChI is InChI=1S/C38H27N3O3S2/c1-44-27-17-13-24(14-18-27)31-22-32(30-10-4-7-23-6-2-3-9-29(23)30)41-38-34(31)35(39)36(46-38)37(43)40-26-15-11-25(12-16-26)33(42)20-19-28-8-5-21-45-28/h2-22H,39H2,1H3,(H,40,43)/b20-19+. The molecule has 0 fully saturated rings. The minimum atomic E-state index is -0.343. The number of rotatable bonds is 8. The molecule has 8 heteroatoms. The van der Waals surface area contributed by atoms with Crippen molar-refractivity contribution in [3.8, 4) is 28.1 Å². The van der Waals surface area contributed by atoms with Gasteiger partial charge in [0, 0.05) is 27.1 Å². The number of thiophene rings is 2. The average Bonchev–Trinajstić information content (AvgIpc) is 3.75. The molecule has 7 rings (SSSR count). The lowest BCUT2D eigenvalue weighted by molar-refractivity contribution is 0.102. The molecule has 0 spiro atoms. The summed E-state index contributed by atoms with van der Waals surface area (Å²) in [5, 5.41) is 7.84. The fraction of sp³-hybridized carbons (Fsp3) is 0.0263. The summed E-state index contributed by atoms with van der Waals surface area (Å²) in [6.45, 7) is 0. The van der Waals surface area contributed by atoms with Crippen molar-refractivity contribution >= 4 is 72.8 Å². The SMILES string of the molecule is COc1ccc(-c2cc(-c3cccc4ccccc34)nc3sc(C(=O)Nc4ccc(C(=O)/C=C/c5cccs5)cc4)c(N)c23)cc1. The Morgan fingerprint density at radius 1 is 0.870 bits per heavy atom. The van der Waals surface area contributed by atoms with Gasteiger partial charge in [-0.2, -0.15) is 0 Å². The second kappa shape index (κ2) is 12.4. The molecule has 3 N–H and O–H groups in total. The Kier molecular flexibility index (Phi) is 7.88. The summed E-state index contributed by atoms with van der Waals surface area (Å²) in [6, 6.07) is 34.9. The van der Waals surface area contributed by atoms with Crippen LogP contribution in [0.5, 0.6) is 5.75 Å². The van der Waals surface area contributed by atoms with Gasteiger partial charge in [-0.15, -0.1) is 22.7 Å². The van der Waals surface area contributed by atoms with Crippen molar-refractivity contribution in [3.05, 3.63) is 136 Å². The van der Waals surface area contributed by atoms with Crippen LogP contribution in [0.25, 0.3) is 49.4 Å². The molecule has 0 saturated carbocycles. The molecule has 7 aromatic rings. The Balaban J connectivity index is 1.25. The van der Waals surface area contributed by atoms with Crippen molar-refractivity contribution in [3.63, 3.8) is 0 Å². The zero-order chi connectivity index (χ0) is 31.6. The van der Waals surface area contributed by atoms with Crippen LogP contribution in [0.1, 0.15) is 24.9 Å². The van der Waals surface area contributed by atoms with Crippen LogP contribution in [0.3, 0.4) is 0 Å². The average molecular weight is 638 g/mol. The number of nitrogen functional groups attached to an aromatic ring is 1. The van der Waals surface area contributed by atoms with E-state index < -0.39 is 0 Å². The third kappa shape index (κ3) is 5.67. The molecular formula is C38H27N3O3S2. The summed E-state index contributed by atoms with van der Waals surface area (Å²) in [5.41, 5.74) is 11.8. The summed E-state index contributed by atoms with van der Waals surface area (Å²) < 4.78 is 5.39. The molecule has 0 aliphatic rings. The van der Waals surface area contributed by atoms with Gasteiger partial charge in [0.1, 0.15) is 15.5 Å². The van der Waals surface area contributed by atoms with E-state index in [-0.39, 0.29) is 11.7 Å². The van der Waals surface area contributed by atoms with Gasteiger partial charge in [-0.25, -0.2) is 4.98 Å². The second-order valence-corrected chi connectivity index (χ2v) is 12.6. The van der Waals surface area contributed by atoms with E-state index in [0.717, 1.165) is 49.2 Å². The second-order valence-electron chi connectivity index (χ2n) is 10.6. The lowest BCUT2D eigenvalue weighted by Crippen LogP contribution is -2.12. The maximum atomic E-state index is 13.6. The minimum Gasteiger partial charge on any atom is -0.497 e. The van der Waals surface area contributed by atoms with E-state index in [1.807, 2.05) is 66.0 Å². The number of pyridine rings is 1. The molecule has 3 heterocycles. The highest BCUT2D eigenvalue weighted by atomic mass is 32.1. The van der Waals surface area contributed by atoms with Crippen molar-refractivity contribution < 1.29 is 14.3 Å². The van der Waals surface area contributed by atoms with Crippen LogP contribution >= 0.6 is 22.7 Å². The molecule has 4 aromatic carbocycles. The summed E-state index contributed by atoms with van der Waals surface area (Å²) in [7, 11) is 1.63. The highest BCUT2D eigenvalue weighted by Gasteiger charge is 2.22. The predicted molar refractivity (Wildman–Crippen MR) is 191 cm³/mol. The monoisotopic (exact) mass is 637 g/mol. The molecule has 46 heavy (non-hydrogen) atoms. The Hall–Kier alpha value is -5.57. The van der Waals surface area contributed by atoms with Gasteiger partial charge in [0.15, 0.2) is 5.78 Å².